The molecular formula is C24H45NO6Si2. The van der Waals surface area contributed by atoms with Gasteiger partial charge in [-0.05, 0) is 42.3 Å². The van der Waals surface area contributed by atoms with E-state index in [0.29, 0.717) is 45.1 Å². The van der Waals surface area contributed by atoms with Crippen molar-refractivity contribution in [3.05, 3.63) is 11.6 Å². The molecule has 2 heterocycles. The highest BCUT2D eigenvalue weighted by atomic mass is 28.4. The molecule has 7 nitrogen and oxygen atoms in total. The van der Waals surface area contributed by atoms with E-state index in [1.54, 1.807) is 0 Å². The molecule has 0 bridgehead atoms. The maximum absolute atomic E-state index is 13.8. The van der Waals surface area contributed by atoms with E-state index in [-0.39, 0.29) is 5.91 Å². The second kappa shape index (κ2) is 11.5. The van der Waals surface area contributed by atoms with Gasteiger partial charge in [0.15, 0.2) is 16.6 Å². The zero-order valence-corrected chi connectivity index (χ0v) is 23.6. The summed E-state index contributed by atoms with van der Waals surface area (Å²) in [4.78, 5) is 15.7. The highest BCUT2D eigenvalue weighted by Crippen LogP contribution is 2.46. The van der Waals surface area contributed by atoms with Gasteiger partial charge in [-0.25, -0.2) is 0 Å². The van der Waals surface area contributed by atoms with E-state index in [0.717, 1.165) is 36.3 Å². The fourth-order valence-electron chi connectivity index (χ4n) is 5.41. The summed E-state index contributed by atoms with van der Waals surface area (Å²) in [6.07, 6.45) is 1.02. The molecule has 2 aliphatic heterocycles. The van der Waals surface area contributed by atoms with Gasteiger partial charge in [-0.1, -0.05) is 41.5 Å². The molecule has 1 amide bonds. The summed E-state index contributed by atoms with van der Waals surface area (Å²) in [5.74, 6) is -1.05. The lowest BCUT2D eigenvalue weighted by Crippen LogP contribution is -2.58. The molecule has 0 aromatic rings. The molecule has 0 saturated carbocycles. The smallest absolute Gasteiger partial charge is 0.252 e. The summed E-state index contributed by atoms with van der Waals surface area (Å²) in [5.41, 5.74) is 0.655. The Kier molecular flexibility index (Phi) is 9.38. The molecule has 2 atom stereocenters. The van der Waals surface area contributed by atoms with Crippen molar-refractivity contribution in [1.82, 2.24) is 4.90 Å². The highest BCUT2D eigenvalue weighted by Gasteiger charge is 2.61. The molecule has 0 N–H and O–H groups in total. The Morgan fingerprint density at radius 1 is 0.879 bits per heavy atom. The first-order chi connectivity index (χ1) is 15.9. The predicted molar refractivity (Wildman–Crippen MR) is 134 cm³/mol. The van der Waals surface area contributed by atoms with Crippen LogP contribution in [0.5, 0.6) is 0 Å². The van der Waals surface area contributed by atoms with E-state index in [1.165, 1.54) is 0 Å². The number of morpholine rings is 1. The maximum atomic E-state index is 13.8. The average Bonchev–Trinajstić information content (AvgIpc) is 3.47. The van der Waals surface area contributed by atoms with Gasteiger partial charge in [0.25, 0.3) is 5.91 Å². The molecule has 33 heavy (non-hydrogen) atoms. The molecule has 0 unspecified atom stereocenters. The van der Waals surface area contributed by atoms with Gasteiger partial charge in [-0.15, -0.1) is 0 Å². The first-order valence-corrected chi connectivity index (χ1v) is 18.2. The highest BCUT2D eigenvalue weighted by molar-refractivity contribution is 6.74. The van der Waals surface area contributed by atoms with Crippen LogP contribution in [0.4, 0.5) is 0 Å². The van der Waals surface area contributed by atoms with Crippen LogP contribution in [-0.4, -0.2) is 85.0 Å². The zero-order valence-electron chi connectivity index (χ0n) is 21.6. The molecule has 9 heteroatoms. The molecule has 0 aromatic heterocycles. The molecule has 0 radical (unpaired) electrons. The first kappa shape index (κ1) is 27.0. The molecule has 1 spiro atoms. The van der Waals surface area contributed by atoms with Crippen LogP contribution in [0, 0.1) is 0 Å². The monoisotopic (exact) mass is 499 g/mol. The molecule has 0 aromatic carbocycles. The lowest BCUT2D eigenvalue weighted by atomic mass is 10.1. The Labute approximate surface area is 202 Å². The number of carbonyl (C=O) groups excluding carboxylic acids is 1. The van der Waals surface area contributed by atoms with Gasteiger partial charge >= 0.3 is 0 Å². The first-order valence-electron chi connectivity index (χ1n) is 13.1. The number of ether oxygens (including phenoxy) is 3. The SMILES string of the molecule is CC[Si](CC)(CC)O[C@H]1C=C(C(=O)N2CCOCC2)[C@@H](O[Si](CC)(CC)CC)C12OCCO2. The number of nitrogens with zero attached hydrogens (tertiary/aromatic N) is 1. The third-order valence-electron chi connectivity index (χ3n) is 8.27. The summed E-state index contributed by atoms with van der Waals surface area (Å²) in [6, 6.07) is 6.06. The normalized spacial score (nSPS) is 25.6. The van der Waals surface area contributed by atoms with Crippen LogP contribution in [0.2, 0.25) is 36.3 Å². The van der Waals surface area contributed by atoms with Gasteiger partial charge in [0, 0.05) is 18.7 Å². The Morgan fingerprint density at radius 3 is 1.85 bits per heavy atom. The van der Waals surface area contributed by atoms with Gasteiger partial charge in [0.05, 0.1) is 26.4 Å². The van der Waals surface area contributed by atoms with E-state index in [1.807, 2.05) is 11.0 Å². The number of amides is 1. The predicted octanol–water partition coefficient (Wildman–Crippen LogP) is 4.31. The number of hydrogen-bond donors (Lipinski definition) is 0. The fraction of sp³-hybridized carbons (Fsp3) is 0.875. The van der Waals surface area contributed by atoms with Gasteiger partial charge in [0.2, 0.25) is 5.79 Å². The zero-order chi connectivity index (χ0) is 24.1. The van der Waals surface area contributed by atoms with E-state index in [2.05, 4.69) is 41.5 Å². The Balaban J connectivity index is 2.03. The van der Waals surface area contributed by atoms with Crippen molar-refractivity contribution in [3.63, 3.8) is 0 Å². The van der Waals surface area contributed by atoms with E-state index in [4.69, 9.17) is 23.1 Å². The Hall–Kier alpha value is -0.556. The van der Waals surface area contributed by atoms with Gasteiger partial charge in [-0.3, -0.25) is 4.79 Å². The minimum atomic E-state index is -2.07. The largest absolute Gasteiger partial charge is 0.405 e. The maximum Gasteiger partial charge on any atom is 0.252 e. The lowest BCUT2D eigenvalue weighted by Gasteiger charge is -2.43. The second-order valence-electron chi connectivity index (χ2n) is 9.47. The van der Waals surface area contributed by atoms with Crippen molar-refractivity contribution in [3.8, 4) is 0 Å². The van der Waals surface area contributed by atoms with E-state index in [9.17, 15) is 4.79 Å². The quantitative estimate of drug-likeness (QED) is 0.395. The molecule has 3 aliphatic rings. The minimum Gasteiger partial charge on any atom is -0.405 e. The third-order valence-corrected chi connectivity index (χ3v) is 17.5. The minimum absolute atomic E-state index is 0.0100. The summed E-state index contributed by atoms with van der Waals surface area (Å²) in [5, 5.41) is 0. The van der Waals surface area contributed by atoms with Crippen LogP contribution < -0.4 is 0 Å². The van der Waals surface area contributed by atoms with Crippen molar-refractivity contribution in [1.29, 1.82) is 0 Å². The summed E-state index contributed by atoms with van der Waals surface area (Å²) in [7, 11) is -4.05. The van der Waals surface area contributed by atoms with Gasteiger partial charge in [-0.2, -0.15) is 0 Å². The molecule has 2 fully saturated rings. The van der Waals surface area contributed by atoms with E-state index < -0.39 is 34.6 Å². The van der Waals surface area contributed by atoms with Crippen LogP contribution in [0.1, 0.15) is 41.5 Å². The lowest BCUT2D eigenvalue weighted by molar-refractivity contribution is -0.233. The topological polar surface area (TPSA) is 66.5 Å². The van der Waals surface area contributed by atoms with E-state index >= 15 is 0 Å². The van der Waals surface area contributed by atoms with Crippen molar-refractivity contribution in [2.75, 3.05) is 39.5 Å². The molecule has 2 saturated heterocycles. The third kappa shape index (κ3) is 5.19. The van der Waals surface area contributed by atoms with Gasteiger partial charge < -0.3 is 28.0 Å². The van der Waals surface area contributed by atoms with Crippen molar-refractivity contribution < 1.29 is 27.9 Å². The summed E-state index contributed by atoms with van der Waals surface area (Å²) in [6.45, 7) is 16.6. The molecular weight excluding hydrogens is 454 g/mol. The summed E-state index contributed by atoms with van der Waals surface area (Å²) >= 11 is 0. The second-order valence-corrected chi connectivity index (χ2v) is 18.9. The van der Waals surface area contributed by atoms with Crippen LogP contribution in [-0.2, 0) is 27.9 Å². The number of carbonyl (C=O) groups is 1. The van der Waals surface area contributed by atoms with Crippen LogP contribution in [0.25, 0.3) is 0 Å². The average molecular weight is 500 g/mol. The van der Waals surface area contributed by atoms with Crippen molar-refractivity contribution in [2.24, 2.45) is 0 Å². The van der Waals surface area contributed by atoms with Crippen LogP contribution in [0.15, 0.2) is 11.6 Å². The molecule has 1 aliphatic carbocycles. The van der Waals surface area contributed by atoms with Crippen molar-refractivity contribution >= 4 is 22.5 Å². The Morgan fingerprint density at radius 2 is 1.36 bits per heavy atom. The molecule has 3 rings (SSSR count). The molecule has 190 valence electrons. The standard InChI is InChI=1S/C24H45NO6Si2/c1-7-32(8-2,9-3)30-21-19-20(23(26)25-13-15-27-16-14-25)22(24(21)28-17-18-29-24)31-33(10-4,11-5)12-6/h19,21-22H,7-18H2,1-6H3/t21-,22+/m0/s1. The number of hydrogen-bond acceptors (Lipinski definition) is 6. The number of rotatable bonds is 11. The fourth-order valence-corrected chi connectivity index (χ4v) is 11.0. The van der Waals surface area contributed by atoms with Crippen molar-refractivity contribution in [2.45, 2.75) is 95.8 Å². The summed E-state index contributed by atoms with van der Waals surface area (Å²) < 4.78 is 32.2. The van der Waals surface area contributed by atoms with Crippen LogP contribution >= 0.6 is 0 Å². The van der Waals surface area contributed by atoms with Crippen LogP contribution in [0.3, 0.4) is 0 Å². The Bertz CT molecular complexity index is 666. The van der Waals surface area contributed by atoms with Gasteiger partial charge in [0.1, 0.15) is 12.2 Å².